The second kappa shape index (κ2) is 63.4. The lowest BCUT2D eigenvalue weighted by molar-refractivity contribution is -0.167. The van der Waals surface area contributed by atoms with Crippen molar-refractivity contribution in [2.75, 3.05) is 13.2 Å². The zero-order valence-corrected chi connectivity index (χ0v) is 49.8. The molecule has 0 aliphatic heterocycles. The Kier molecular flexibility index (Phi) is 60.7. The molecule has 434 valence electrons. The number of unbranched alkanes of at least 4 members (excludes halogenated alkanes) is 36. The Hall–Kier alpha value is -3.15. The molecule has 0 aromatic heterocycles. The van der Waals surface area contributed by atoms with Crippen molar-refractivity contribution in [3.8, 4) is 0 Å². The first kappa shape index (κ1) is 71.8. The second-order valence-electron chi connectivity index (χ2n) is 21.7. The fourth-order valence-electron chi connectivity index (χ4n) is 9.24. The lowest BCUT2D eigenvalue weighted by atomic mass is 10.1. The molecule has 0 radical (unpaired) electrons. The lowest BCUT2D eigenvalue weighted by Gasteiger charge is -2.18. The van der Waals surface area contributed by atoms with Crippen LogP contribution in [-0.4, -0.2) is 37.2 Å². The summed E-state index contributed by atoms with van der Waals surface area (Å²) < 4.78 is 16.9. The van der Waals surface area contributed by atoms with Gasteiger partial charge in [0.1, 0.15) is 13.2 Å². The van der Waals surface area contributed by atoms with E-state index in [0.29, 0.717) is 19.3 Å². The smallest absolute Gasteiger partial charge is 0.306 e. The lowest BCUT2D eigenvalue weighted by Crippen LogP contribution is -2.30. The molecule has 0 aliphatic rings. The van der Waals surface area contributed by atoms with E-state index in [0.717, 1.165) is 89.9 Å². The average molecular weight is 1050 g/mol. The predicted octanol–water partition coefficient (Wildman–Crippen LogP) is 22.1. The van der Waals surface area contributed by atoms with Gasteiger partial charge < -0.3 is 14.2 Å². The fraction of sp³-hybridized carbons (Fsp3) is 0.783. The molecular formula is C69H122O6. The number of carbonyl (C=O) groups excluding carboxylic acids is 3. The Morgan fingerprint density at radius 3 is 0.787 bits per heavy atom. The van der Waals surface area contributed by atoms with Gasteiger partial charge in [-0.05, 0) is 116 Å². The van der Waals surface area contributed by atoms with Crippen molar-refractivity contribution in [3.63, 3.8) is 0 Å². The van der Waals surface area contributed by atoms with Gasteiger partial charge in [-0.1, -0.05) is 267 Å². The number of rotatable bonds is 59. The van der Waals surface area contributed by atoms with E-state index in [1.54, 1.807) is 0 Å². The highest BCUT2D eigenvalue weighted by molar-refractivity contribution is 5.71. The molecule has 0 aliphatic carbocycles. The summed E-state index contributed by atoms with van der Waals surface area (Å²) in [5.74, 6) is -0.889. The standard InChI is InChI=1S/C69H122O6/c1-4-7-10-13-16-19-22-25-28-31-33-34-36-38-41-44-47-50-53-56-59-62-68(71)74-65-66(64-73-67(70)61-58-55-52-49-46-43-40-37-30-27-24-21-18-15-12-9-6-3)75-69(72)63-60-57-54-51-48-45-42-39-35-32-29-26-23-20-17-14-11-8-5-2/h17,20,22,25-27,29-31,33,35,39,66H,4-16,18-19,21,23-24,28,32,34,36-38,40-65H2,1-3H3/b20-17-,25-22-,29-26-,30-27-,33-31-,39-35-. The van der Waals surface area contributed by atoms with Crippen molar-refractivity contribution in [2.24, 2.45) is 0 Å². The van der Waals surface area contributed by atoms with E-state index in [9.17, 15) is 14.4 Å². The molecule has 0 saturated carbocycles. The number of ether oxygens (including phenoxy) is 3. The van der Waals surface area contributed by atoms with Gasteiger partial charge in [0.25, 0.3) is 0 Å². The number of allylic oxidation sites excluding steroid dienone is 12. The fourth-order valence-corrected chi connectivity index (χ4v) is 9.24. The first-order chi connectivity index (χ1) is 37.0. The zero-order chi connectivity index (χ0) is 54.3. The summed E-state index contributed by atoms with van der Waals surface area (Å²) >= 11 is 0. The van der Waals surface area contributed by atoms with E-state index in [4.69, 9.17) is 14.2 Å². The van der Waals surface area contributed by atoms with Crippen LogP contribution in [0.25, 0.3) is 0 Å². The van der Waals surface area contributed by atoms with Gasteiger partial charge in [-0.3, -0.25) is 14.4 Å². The molecule has 0 heterocycles. The summed E-state index contributed by atoms with van der Waals surface area (Å²) in [6, 6.07) is 0. The van der Waals surface area contributed by atoms with E-state index in [1.165, 1.54) is 199 Å². The molecule has 75 heavy (non-hydrogen) atoms. The number of hydrogen-bond donors (Lipinski definition) is 0. The minimum Gasteiger partial charge on any atom is -0.462 e. The normalized spacial score (nSPS) is 12.5. The van der Waals surface area contributed by atoms with Gasteiger partial charge in [0.2, 0.25) is 0 Å². The highest BCUT2D eigenvalue weighted by Crippen LogP contribution is 2.16. The third kappa shape index (κ3) is 61.6. The molecule has 0 aromatic rings. The molecule has 0 N–H and O–H groups in total. The van der Waals surface area contributed by atoms with Gasteiger partial charge in [0.15, 0.2) is 6.10 Å². The second-order valence-corrected chi connectivity index (χ2v) is 21.7. The molecule has 1 unspecified atom stereocenters. The molecule has 0 rings (SSSR count). The summed E-state index contributed by atoms with van der Waals surface area (Å²) in [5, 5.41) is 0. The van der Waals surface area contributed by atoms with Gasteiger partial charge >= 0.3 is 17.9 Å². The van der Waals surface area contributed by atoms with Crippen LogP contribution in [0.1, 0.15) is 329 Å². The Balaban J connectivity index is 4.40. The maximum absolute atomic E-state index is 12.9. The Morgan fingerprint density at radius 2 is 0.480 bits per heavy atom. The van der Waals surface area contributed by atoms with Gasteiger partial charge in [-0.15, -0.1) is 0 Å². The molecular weight excluding hydrogens is 925 g/mol. The molecule has 0 bridgehead atoms. The number of carbonyl (C=O) groups is 3. The van der Waals surface area contributed by atoms with Gasteiger partial charge in [-0.25, -0.2) is 0 Å². The summed E-state index contributed by atoms with van der Waals surface area (Å²) in [4.78, 5) is 38.4. The minimum absolute atomic E-state index is 0.0832. The van der Waals surface area contributed by atoms with Crippen LogP contribution in [-0.2, 0) is 28.6 Å². The molecule has 0 spiro atoms. The van der Waals surface area contributed by atoms with E-state index in [1.807, 2.05) is 0 Å². The SMILES string of the molecule is CCCCC/C=C\C/C=C\C/C=C\CCCCCCCCC(=O)OC(COC(=O)CCCCCCCCC/C=C\CCCCCCCC)COC(=O)CCCCCCCCCCC/C=C\C/C=C\CCCCCCC. The van der Waals surface area contributed by atoms with Crippen molar-refractivity contribution >= 4 is 17.9 Å². The van der Waals surface area contributed by atoms with Gasteiger partial charge in [0, 0.05) is 19.3 Å². The molecule has 6 heteroatoms. The van der Waals surface area contributed by atoms with Crippen molar-refractivity contribution in [2.45, 2.75) is 335 Å². The van der Waals surface area contributed by atoms with Crippen LogP contribution in [0.5, 0.6) is 0 Å². The molecule has 0 saturated heterocycles. The Morgan fingerprint density at radius 1 is 0.267 bits per heavy atom. The van der Waals surface area contributed by atoms with Crippen molar-refractivity contribution in [1.29, 1.82) is 0 Å². The summed E-state index contributed by atoms with van der Waals surface area (Å²) in [7, 11) is 0. The minimum atomic E-state index is -0.788. The van der Waals surface area contributed by atoms with E-state index >= 15 is 0 Å². The van der Waals surface area contributed by atoms with E-state index < -0.39 is 6.10 Å². The van der Waals surface area contributed by atoms with Crippen molar-refractivity contribution in [3.05, 3.63) is 72.9 Å². The maximum atomic E-state index is 12.9. The van der Waals surface area contributed by atoms with Crippen LogP contribution in [0.2, 0.25) is 0 Å². The van der Waals surface area contributed by atoms with Crippen LogP contribution in [0.4, 0.5) is 0 Å². The molecule has 6 nitrogen and oxygen atoms in total. The van der Waals surface area contributed by atoms with Gasteiger partial charge in [0.05, 0.1) is 0 Å². The molecule has 0 fully saturated rings. The van der Waals surface area contributed by atoms with Crippen LogP contribution in [0.15, 0.2) is 72.9 Å². The number of esters is 3. The van der Waals surface area contributed by atoms with Crippen molar-refractivity contribution < 1.29 is 28.6 Å². The van der Waals surface area contributed by atoms with Crippen LogP contribution >= 0.6 is 0 Å². The highest BCUT2D eigenvalue weighted by atomic mass is 16.6. The summed E-state index contributed by atoms with van der Waals surface area (Å²) in [6.07, 6.45) is 81.8. The monoisotopic (exact) mass is 1050 g/mol. The van der Waals surface area contributed by atoms with Crippen molar-refractivity contribution in [1.82, 2.24) is 0 Å². The number of hydrogen-bond acceptors (Lipinski definition) is 6. The Bertz CT molecular complexity index is 1390. The largest absolute Gasteiger partial charge is 0.462 e. The Labute approximate surface area is 465 Å². The van der Waals surface area contributed by atoms with Crippen LogP contribution in [0.3, 0.4) is 0 Å². The molecule has 0 amide bonds. The average Bonchev–Trinajstić information content (AvgIpc) is 3.41. The molecule has 0 aromatic carbocycles. The topological polar surface area (TPSA) is 78.9 Å². The first-order valence-electron chi connectivity index (χ1n) is 32.4. The zero-order valence-electron chi connectivity index (χ0n) is 49.8. The van der Waals surface area contributed by atoms with Crippen LogP contribution < -0.4 is 0 Å². The third-order valence-electron chi connectivity index (χ3n) is 14.2. The maximum Gasteiger partial charge on any atom is 0.306 e. The predicted molar refractivity (Wildman–Crippen MR) is 325 cm³/mol. The van der Waals surface area contributed by atoms with E-state index in [-0.39, 0.29) is 31.1 Å². The highest BCUT2D eigenvalue weighted by Gasteiger charge is 2.19. The quantitative estimate of drug-likeness (QED) is 0.0261. The van der Waals surface area contributed by atoms with E-state index in [2.05, 4.69) is 93.7 Å². The first-order valence-corrected chi connectivity index (χ1v) is 32.4. The van der Waals surface area contributed by atoms with Crippen LogP contribution in [0, 0.1) is 0 Å². The third-order valence-corrected chi connectivity index (χ3v) is 14.2. The summed E-state index contributed by atoms with van der Waals surface area (Å²) in [5.41, 5.74) is 0. The summed E-state index contributed by atoms with van der Waals surface area (Å²) in [6.45, 7) is 6.62. The van der Waals surface area contributed by atoms with Gasteiger partial charge in [-0.2, -0.15) is 0 Å². The molecule has 1 atom stereocenters.